The highest BCUT2D eigenvalue weighted by Gasteiger charge is 2.70. The SMILES string of the molecule is C[C@H](c1ccccc1)N1C(=O)Nc2ccc(Cl)cc2[C@@]1(C1CC1)C(F)(F)F. The number of carbonyl (C=O) groups excluding carboxylic acids is 1. The Morgan fingerprint density at radius 2 is 1.85 bits per heavy atom. The molecular weight excluding hydrogens is 377 g/mol. The molecule has 2 amide bonds. The summed E-state index contributed by atoms with van der Waals surface area (Å²) < 4.78 is 44.2. The molecule has 3 nitrogen and oxygen atoms in total. The van der Waals surface area contributed by atoms with Crippen molar-refractivity contribution in [3.8, 4) is 0 Å². The van der Waals surface area contributed by atoms with Gasteiger partial charge in [-0.05, 0) is 49.4 Å². The van der Waals surface area contributed by atoms with E-state index in [9.17, 15) is 18.0 Å². The number of alkyl halides is 3. The van der Waals surface area contributed by atoms with Gasteiger partial charge in [-0.3, -0.25) is 4.90 Å². The monoisotopic (exact) mass is 394 g/mol. The third kappa shape index (κ3) is 2.69. The van der Waals surface area contributed by atoms with Crippen LogP contribution in [0.3, 0.4) is 0 Å². The zero-order chi connectivity index (χ0) is 19.4. The Balaban J connectivity index is 1.98. The van der Waals surface area contributed by atoms with Crippen LogP contribution in [0.5, 0.6) is 0 Å². The van der Waals surface area contributed by atoms with Crippen LogP contribution in [0.2, 0.25) is 5.02 Å². The third-order valence-corrected chi connectivity index (χ3v) is 5.74. The Hall–Kier alpha value is -2.21. The maximum absolute atomic E-state index is 14.7. The van der Waals surface area contributed by atoms with Gasteiger partial charge in [0.1, 0.15) is 0 Å². The first-order valence-electron chi connectivity index (χ1n) is 8.79. The predicted molar refractivity (Wildman–Crippen MR) is 97.6 cm³/mol. The predicted octanol–water partition coefficient (Wildman–Crippen LogP) is 6.12. The first-order valence-corrected chi connectivity index (χ1v) is 9.16. The highest BCUT2D eigenvalue weighted by molar-refractivity contribution is 6.30. The van der Waals surface area contributed by atoms with Crippen molar-refractivity contribution < 1.29 is 18.0 Å². The van der Waals surface area contributed by atoms with Crippen molar-refractivity contribution in [2.75, 3.05) is 5.32 Å². The quantitative estimate of drug-likeness (QED) is 0.668. The number of benzene rings is 2. The number of halogens is 4. The fourth-order valence-corrected chi connectivity index (χ4v) is 4.38. The molecule has 1 fully saturated rings. The van der Waals surface area contributed by atoms with E-state index in [-0.39, 0.29) is 16.3 Å². The van der Waals surface area contributed by atoms with Gasteiger partial charge in [-0.1, -0.05) is 41.9 Å². The second-order valence-electron chi connectivity index (χ2n) is 7.12. The molecule has 0 unspecified atom stereocenters. The number of rotatable bonds is 3. The van der Waals surface area contributed by atoms with Crippen molar-refractivity contribution in [1.29, 1.82) is 0 Å². The Labute approximate surface area is 160 Å². The van der Waals surface area contributed by atoms with E-state index in [1.165, 1.54) is 18.2 Å². The Bertz CT molecular complexity index is 883. The largest absolute Gasteiger partial charge is 0.416 e. The molecule has 0 radical (unpaired) electrons. The van der Waals surface area contributed by atoms with Gasteiger partial charge >= 0.3 is 12.2 Å². The first-order chi connectivity index (χ1) is 12.8. The van der Waals surface area contributed by atoms with Crippen LogP contribution >= 0.6 is 11.6 Å². The molecule has 2 atom stereocenters. The Kier molecular flexibility index (Phi) is 4.14. The lowest BCUT2D eigenvalue weighted by atomic mass is 9.78. The minimum Gasteiger partial charge on any atom is -0.307 e. The van der Waals surface area contributed by atoms with Gasteiger partial charge in [-0.25, -0.2) is 4.79 Å². The van der Waals surface area contributed by atoms with Crippen LogP contribution in [0.15, 0.2) is 48.5 Å². The molecule has 0 saturated heterocycles. The number of nitrogens with one attached hydrogen (secondary N) is 1. The van der Waals surface area contributed by atoms with Crippen molar-refractivity contribution in [3.05, 3.63) is 64.7 Å². The lowest BCUT2D eigenvalue weighted by Crippen LogP contribution is -2.63. The zero-order valence-electron chi connectivity index (χ0n) is 14.6. The third-order valence-electron chi connectivity index (χ3n) is 5.50. The summed E-state index contributed by atoms with van der Waals surface area (Å²) in [5.41, 5.74) is -1.56. The maximum atomic E-state index is 14.7. The molecule has 1 N–H and O–H groups in total. The molecule has 7 heteroatoms. The van der Waals surface area contributed by atoms with Crippen LogP contribution in [0.1, 0.15) is 36.9 Å². The standard InChI is InChI=1S/C20H18ClF3N2O/c1-12(13-5-3-2-4-6-13)26-18(27)25-17-10-9-15(21)11-16(17)19(26,14-7-8-14)20(22,23)24/h2-6,9-12,14H,7-8H2,1H3,(H,25,27)/t12-,19+/m1/s1. The van der Waals surface area contributed by atoms with Gasteiger partial charge in [0.05, 0.1) is 6.04 Å². The van der Waals surface area contributed by atoms with E-state index in [0.717, 1.165) is 4.90 Å². The van der Waals surface area contributed by atoms with Gasteiger partial charge in [0, 0.05) is 16.3 Å². The fourth-order valence-electron chi connectivity index (χ4n) is 4.21. The molecule has 2 aromatic carbocycles. The highest BCUT2D eigenvalue weighted by atomic mass is 35.5. The molecule has 0 aromatic heterocycles. The minimum atomic E-state index is -4.64. The first kappa shape index (κ1) is 18.2. The summed E-state index contributed by atoms with van der Waals surface area (Å²) >= 11 is 6.06. The molecule has 2 aromatic rings. The van der Waals surface area contributed by atoms with Crippen LogP contribution < -0.4 is 5.32 Å². The van der Waals surface area contributed by atoms with Crippen molar-refractivity contribution in [2.24, 2.45) is 5.92 Å². The summed E-state index contributed by atoms with van der Waals surface area (Å²) in [5, 5.41) is 2.84. The van der Waals surface area contributed by atoms with E-state index in [4.69, 9.17) is 11.6 Å². The summed E-state index contributed by atoms with van der Waals surface area (Å²) in [5.74, 6) is -0.688. The molecule has 1 aliphatic heterocycles. The molecule has 1 aliphatic carbocycles. The topological polar surface area (TPSA) is 32.3 Å². The molecule has 4 rings (SSSR count). The van der Waals surface area contributed by atoms with Gasteiger partial charge < -0.3 is 5.32 Å². The number of amides is 2. The fraction of sp³-hybridized carbons (Fsp3) is 0.350. The van der Waals surface area contributed by atoms with Crippen molar-refractivity contribution in [1.82, 2.24) is 4.90 Å². The molecule has 1 heterocycles. The summed E-state index contributed by atoms with van der Waals surface area (Å²) in [6.07, 6.45) is -3.82. The van der Waals surface area contributed by atoms with Crippen molar-refractivity contribution in [3.63, 3.8) is 0 Å². The van der Waals surface area contributed by atoms with E-state index < -0.39 is 29.7 Å². The second-order valence-corrected chi connectivity index (χ2v) is 7.55. The van der Waals surface area contributed by atoms with Gasteiger partial charge in [-0.15, -0.1) is 0 Å². The number of urea groups is 1. The summed E-state index contributed by atoms with van der Waals surface area (Å²) in [6.45, 7) is 1.63. The maximum Gasteiger partial charge on any atom is 0.416 e. The van der Waals surface area contributed by atoms with E-state index in [2.05, 4.69) is 5.32 Å². The van der Waals surface area contributed by atoms with Crippen LogP contribution in [0.25, 0.3) is 0 Å². The van der Waals surface area contributed by atoms with E-state index >= 15 is 0 Å². The minimum absolute atomic E-state index is 0.0207. The summed E-state index contributed by atoms with van der Waals surface area (Å²) in [7, 11) is 0. The number of hydrogen-bond donors (Lipinski definition) is 1. The lowest BCUT2D eigenvalue weighted by molar-refractivity contribution is -0.242. The molecule has 0 spiro atoms. The highest BCUT2D eigenvalue weighted by Crippen LogP contribution is 2.62. The molecular formula is C20H18ClF3N2O. The molecule has 27 heavy (non-hydrogen) atoms. The smallest absolute Gasteiger partial charge is 0.307 e. The average molecular weight is 395 g/mol. The van der Waals surface area contributed by atoms with E-state index in [1.807, 2.05) is 0 Å². The Morgan fingerprint density at radius 3 is 2.44 bits per heavy atom. The van der Waals surface area contributed by atoms with Crippen LogP contribution in [0.4, 0.5) is 23.7 Å². The number of carbonyl (C=O) groups is 1. The van der Waals surface area contributed by atoms with Gasteiger partial charge in [0.2, 0.25) is 0 Å². The Morgan fingerprint density at radius 1 is 1.19 bits per heavy atom. The number of anilines is 1. The zero-order valence-corrected chi connectivity index (χ0v) is 15.3. The molecule has 2 aliphatic rings. The van der Waals surface area contributed by atoms with Crippen molar-refractivity contribution in [2.45, 2.75) is 37.5 Å². The normalized spacial score (nSPS) is 23.6. The molecule has 0 bridgehead atoms. The summed E-state index contributed by atoms with van der Waals surface area (Å²) in [4.78, 5) is 13.9. The number of nitrogens with zero attached hydrogens (tertiary/aromatic N) is 1. The van der Waals surface area contributed by atoms with Crippen LogP contribution in [-0.2, 0) is 5.54 Å². The van der Waals surface area contributed by atoms with Crippen LogP contribution in [-0.4, -0.2) is 17.1 Å². The molecule has 142 valence electrons. The lowest BCUT2D eigenvalue weighted by Gasteiger charge is -2.51. The van der Waals surface area contributed by atoms with E-state index in [1.54, 1.807) is 37.3 Å². The van der Waals surface area contributed by atoms with Gasteiger partial charge in [0.15, 0.2) is 5.54 Å². The number of hydrogen-bond acceptors (Lipinski definition) is 1. The van der Waals surface area contributed by atoms with Crippen molar-refractivity contribution >= 4 is 23.3 Å². The van der Waals surface area contributed by atoms with Crippen LogP contribution in [0, 0.1) is 5.92 Å². The van der Waals surface area contributed by atoms with E-state index in [0.29, 0.717) is 18.4 Å². The molecule has 1 saturated carbocycles. The number of fused-ring (bicyclic) bond motifs is 1. The second kappa shape index (κ2) is 6.16. The summed E-state index contributed by atoms with van der Waals surface area (Å²) in [6, 6.07) is 11.5. The van der Waals surface area contributed by atoms with Gasteiger partial charge in [0.25, 0.3) is 0 Å². The van der Waals surface area contributed by atoms with Gasteiger partial charge in [-0.2, -0.15) is 13.2 Å². The average Bonchev–Trinajstić information content (AvgIpc) is 3.45.